The molecule has 0 heterocycles. The van der Waals surface area contributed by atoms with Gasteiger partial charge in [-0.2, -0.15) is 0 Å². The van der Waals surface area contributed by atoms with Crippen molar-refractivity contribution in [3.05, 3.63) is 47.5 Å². The van der Waals surface area contributed by atoms with Gasteiger partial charge in [0.25, 0.3) is 0 Å². The molecule has 148 valence electrons. The lowest BCUT2D eigenvalue weighted by molar-refractivity contribution is 0.0417. The molecule has 0 saturated heterocycles. The van der Waals surface area contributed by atoms with E-state index in [1.807, 2.05) is 37.3 Å². The summed E-state index contributed by atoms with van der Waals surface area (Å²) in [4.78, 5) is 0. The molecule has 0 spiro atoms. The summed E-state index contributed by atoms with van der Waals surface area (Å²) in [6.07, 6.45) is 2.79. The third kappa shape index (κ3) is 8.61. The van der Waals surface area contributed by atoms with E-state index in [-0.39, 0.29) is 25.9 Å². The third-order valence-corrected chi connectivity index (χ3v) is 5.37. The lowest BCUT2D eigenvalue weighted by Gasteiger charge is -2.21. The summed E-state index contributed by atoms with van der Waals surface area (Å²) in [6, 6.07) is 10.1. The highest BCUT2D eigenvalue weighted by atomic mass is 31.2. The molecule has 0 bridgehead atoms. The molecule has 0 aliphatic carbocycles. The largest absolute Gasteiger partial charge is 0.475 e. The number of hydrogen-bond acceptors (Lipinski definition) is 5. The molecule has 0 radical (unpaired) electrons. The Morgan fingerprint density at radius 2 is 1.65 bits per heavy atom. The molecule has 0 unspecified atom stereocenters. The van der Waals surface area contributed by atoms with E-state index in [0.29, 0.717) is 12.5 Å². The van der Waals surface area contributed by atoms with Gasteiger partial charge in [0, 0.05) is 0 Å². The second kappa shape index (κ2) is 12.4. The molecule has 0 aliphatic heterocycles. The van der Waals surface area contributed by atoms with Crippen LogP contribution >= 0.6 is 7.82 Å². The van der Waals surface area contributed by atoms with E-state index in [2.05, 4.69) is 19.9 Å². The minimum atomic E-state index is -3.50. The highest BCUT2D eigenvalue weighted by Crippen LogP contribution is 2.49. The standard InChI is InChI=1S/C20H33O5P/c1-6-18(16-25-26(21,23-7-2)24-8-3)14-20(17(4)5)22-15-19-12-10-9-11-13-19/h9-14,17,20H,6-8,15-16H2,1-5H3/b18-14+/t20-/m1/s1. The summed E-state index contributed by atoms with van der Waals surface area (Å²) in [7, 11) is -3.50. The molecule has 1 rings (SSSR count). The zero-order valence-electron chi connectivity index (χ0n) is 16.6. The van der Waals surface area contributed by atoms with Crippen molar-refractivity contribution in [2.24, 2.45) is 5.92 Å². The van der Waals surface area contributed by atoms with Crippen molar-refractivity contribution in [2.75, 3.05) is 19.8 Å². The molecule has 1 atom stereocenters. The summed E-state index contributed by atoms with van der Waals surface area (Å²) >= 11 is 0. The zero-order valence-corrected chi connectivity index (χ0v) is 17.5. The fraction of sp³-hybridized carbons (Fsp3) is 0.600. The number of rotatable bonds is 13. The van der Waals surface area contributed by atoms with E-state index >= 15 is 0 Å². The van der Waals surface area contributed by atoms with Crippen LogP contribution in [0.25, 0.3) is 0 Å². The Morgan fingerprint density at radius 1 is 1.04 bits per heavy atom. The maximum Gasteiger partial charge on any atom is 0.475 e. The van der Waals surface area contributed by atoms with Crippen LogP contribution in [0, 0.1) is 5.92 Å². The molecule has 0 fully saturated rings. The molecule has 0 aliphatic rings. The van der Waals surface area contributed by atoms with Crippen molar-refractivity contribution >= 4 is 7.82 Å². The van der Waals surface area contributed by atoms with Crippen LogP contribution in [0.4, 0.5) is 0 Å². The minimum Gasteiger partial charge on any atom is -0.369 e. The van der Waals surface area contributed by atoms with E-state index in [0.717, 1.165) is 17.6 Å². The fourth-order valence-electron chi connectivity index (χ4n) is 2.29. The molecule has 0 amide bonds. The molecule has 5 nitrogen and oxygen atoms in total. The summed E-state index contributed by atoms with van der Waals surface area (Å²) in [6.45, 7) is 11.1. The van der Waals surface area contributed by atoms with Gasteiger partial charge in [0.1, 0.15) is 0 Å². The molecule has 0 N–H and O–H groups in total. The van der Waals surface area contributed by atoms with Crippen molar-refractivity contribution in [2.45, 2.75) is 53.8 Å². The van der Waals surface area contributed by atoms with E-state index < -0.39 is 7.82 Å². The Morgan fingerprint density at radius 3 is 2.15 bits per heavy atom. The van der Waals surface area contributed by atoms with E-state index in [1.165, 1.54) is 0 Å². The topological polar surface area (TPSA) is 54.0 Å². The average molecular weight is 384 g/mol. The number of phosphoric acid groups is 1. The number of ether oxygens (including phenoxy) is 1. The van der Waals surface area contributed by atoms with Crippen LogP contribution in [0.15, 0.2) is 42.0 Å². The van der Waals surface area contributed by atoms with Crippen LogP contribution in [-0.2, 0) is 29.5 Å². The van der Waals surface area contributed by atoms with E-state index in [1.54, 1.807) is 13.8 Å². The van der Waals surface area contributed by atoms with Gasteiger partial charge in [-0.05, 0) is 37.3 Å². The van der Waals surface area contributed by atoms with Gasteiger partial charge in [0.15, 0.2) is 0 Å². The van der Waals surface area contributed by atoms with Gasteiger partial charge in [0.2, 0.25) is 0 Å². The zero-order chi connectivity index (χ0) is 19.4. The fourth-order valence-corrected chi connectivity index (χ4v) is 3.47. The smallest absolute Gasteiger partial charge is 0.369 e. The molecular weight excluding hydrogens is 351 g/mol. The van der Waals surface area contributed by atoms with Crippen LogP contribution in [0.3, 0.4) is 0 Å². The molecule has 0 aromatic heterocycles. The Labute approximate surface area is 158 Å². The SMILES string of the molecule is CCOP(=O)(OCC)OC/C(=C/[C@@H](OCc1ccccc1)C(C)C)CC. The summed E-state index contributed by atoms with van der Waals surface area (Å²) in [5.74, 6) is 0.311. The predicted octanol–water partition coefficient (Wildman–Crippen LogP) is 5.76. The highest BCUT2D eigenvalue weighted by Gasteiger charge is 2.25. The van der Waals surface area contributed by atoms with Gasteiger partial charge in [-0.3, -0.25) is 13.6 Å². The lowest BCUT2D eigenvalue weighted by Crippen LogP contribution is -2.18. The Bertz CT molecular complexity index is 561. The van der Waals surface area contributed by atoms with Gasteiger partial charge >= 0.3 is 7.82 Å². The Hall–Kier alpha value is -0.970. The van der Waals surface area contributed by atoms with Crippen molar-refractivity contribution < 1.29 is 22.9 Å². The van der Waals surface area contributed by atoms with E-state index in [4.69, 9.17) is 18.3 Å². The molecule has 1 aromatic carbocycles. The second-order valence-corrected chi connectivity index (χ2v) is 7.91. The quantitative estimate of drug-likeness (QED) is 0.320. The number of phosphoric ester groups is 1. The Balaban J connectivity index is 2.73. The van der Waals surface area contributed by atoms with Crippen molar-refractivity contribution in [1.82, 2.24) is 0 Å². The normalized spacial score (nSPS) is 14.0. The van der Waals surface area contributed by atoms with Crippen molar-refractivity contribution in [3.63, 3.8) is 0 Å². The molecule has 1 aromatic rings. The predicted molar refractivity (Wildman–Crippen MR) is 105 cm³/mol. The maximum atomic E-state index is 12.4. The van der Waals surface area contributed by atoms with Crippen molar-refractivity contribution in [3.8, 4) is 0 Å². The molecule has 26 heavy (non-hydrogen) atoms. The highest BCUT2D eigenvalue weighted by molar-refractivity contribution is 7.48. The van der Waals surface area contributed by atoms with Crippen LogP contribution < -0.4 is 0 Å². The number of hydrogen-bond donors (Lipinski definition) is 0. The molecular formula is C20H33O5P. The monoisotopic (exact) mass is 384 g/mol. The van der Waals surface area contributed by atoms with Crippen LogP contribution in [0.2, 0.25) is 0 Å². The summed E-state index contributed by atoms with van der Waals surface area (Å²) in [5.41, 5.74) is 2.15. The van der Waals surface area contributed by atoms with Crippen molar-refractivity contribution in [1.29, 1.82) is 0 Å². The first-order valence-electron chi connectivity index (χ1n) is 9.32. The van der Waals surface area contributed by atoms with Crippen LogP contribution in [0.5, 0.6) is 0 Å². The first-order chi connectivity index (χ1) is 12.4. The second-order valence-electron chi connectivity index (χ2n) is 6.24. The first-order valence-corrected chi connectivity index (χ1v) is 10.8. The van der Waals surface area contributed by atoms with Gasteiger partial charge in [0.05, 0.1) is 32.5 Å². The minimum absolute atomic E-state index is 0.0488. The lowest BCUT2D eigenvalue weighted by atomic mass is 10.0. The first kappa shape index (κ1) is 23.1. The summed E-state index contributed by atoms with van der Waals surface area (Å²) in [5, 5.41) is 0. The molecule has 6 heteroatoms. The number of benzene rings is 1. The van der Waals surface area contributed by atoms with Gasteiger partial charge < -0.3 is 4.74 Å². The molecule has 0 saturated carbocycles. The van der Waals surface area contributed by atoms with Gasteiger partial charge in [-0.1, -0.05) is 57.2 Å². The third-order valence-electron chi connectivity index (χ3n) is 3.78. The summed E-state index contributed by atoms with van der Waals surface area (Å²) < 4.78 is 34.4. The average Bonchev–Trinajstić information content (AvgIpc) is 2.62. The maximum absolute atomic E-state index is 12.4. The van der Waals surface area contributed by atoms with Gasteiger partial charge in [-0.15, -0.1) is 0 Å². The van der Waals surface area contributed by atoms with Crippen LogP contribution in [-0.4, -0.2) is 25.9 Å². The van der Waals surface area contributed by atoms with E-state index in [9.17, 15) is 4.57 Å². The van der Waals surface area contributed by atoms with Gasteiger partial charge in [-0.25, -0.2) is 4.57 Å². The van der Waals surface area contributed by atoms with Crippen LogP contribution in [0.1, 0.15) is 46.6 Å². The Kier molecular flexibility index (Phi) is 11.0.